The molecule has 0 amide bonds. The van der Waals surface area contributed by atoms with Gasteiger partial charge in [-0.2, -0.15) is 0 Å². The summed E-state index contributed by atoms with van der Waals surface area (Å²) in [5.41, 5.74) is 1.58. The highest BCUT2D eigenvalue weighted by molar-refractivity contribution is 7.92. The number of pyridine rings is 1. The number of hydrogen-bond donors (Lipinski definition) is 4. The Morgan fingerprint density at radius 1 is 0.953 bits per heavy atom. The van der Waals surface area contributed by atoms with Crippen LogP contribution in [0.25, 0.3) is 5.69 Å². The molecule has 2 heterocycles. The summed E-state index contributed by atoms with van der Waals surface area (Å²) in [6.07, 6.45) is 9.63. The van der Waals surface area contributed by atoms with E-state index >= 15 is 0 Å². The molecular formula is C31H40N6O5S. The Labute approximate surface area is 251 Å². The number of nitrogens with zero attached hydrogens (tertiary/aromatic N) is 3. The first-order valence-corrected chi connectivity index (χ1v) is 16.2. The molecule has 0 saturated heterocycles. The van der Waals surface area contributed by atoms with Gasteiger partial charge >= 0.3 is 11.4 Å². The van der Waals surface area contributed by atoms with E-state index in [-0.39, 0.29) is 4.90 Å². The van der Waals surface area contributed by atoms with Crippen LogP contribution in [0, 0.1) is 0 Å². The summed E-state index contributed by atoms with van der Waals surface area (Å²) in [7, 11) is -3.88. The van der Waals surface area contributed by atoms with Gasteiger partial charge in [-0.15, -0.1) is 0 Å². The fourth-order valence-corrected chi connectivity index (χ4v) is 5.78. The van der Waals surface area contributed by atoms with Crippen molar-refractivity contribution in [2.45, 2.75) is 69.4 Å². The lowest BCUT2D eigenvalue weighted by Crippen LogP contribution is -2.28. The molecule has 0 aliphatic heterocycles. The normalized spacial score (nSPS) is 12.3. The second kappa shape index (κ2) is 15.5. The van der Waals surface area contributed by atoms with Crippen molar-refractivity contribution in [1.29, 1.82) is 0 Å². The van der Waals surface area contributed by atoms with E-state index in [4.69, 9.17) is 0 Å². The highest BCUT2D eigenvalue weighted by atomic mass is 32.2. The van der Waals surface area contributed by atoms with Gasteiger partial charge in [0.25, 0.3) is 10.0 Å². The Morgan fingerprint density at radius 3 is 2.37 bits per heavy atom. The highest BCUT2D eigenvalue weighted by Gasteiger charge is 2.16. The van der Waals surface area contributed by atoms with Gasteiger partial charge in [0.2, 0.25) is 0 Å². The van der Waals surface area contributed by atoms with Gasteiger partial charge in [-0.1, -0.05) is 57.2 Å². The predicted molar refractivity (Wildman–Crippen MR) is 167 cm³/mol. The third-order valence-electron chi connectivity index (χ3n) is 7.22. The molecule has 0 fully saturated rings. The zero-order valence-electron chi connectivity index (χ0n) is 24.4. The van der Waals surface area contributed by atoms with E-state index in [0.29, 0.717) is 37.4 Å². The van der Waals surface area contributed by atoms with Crippen LogP contribution in [-0.2, 0) is 23.0 Å². The number of benzene rings is 2. The van der Waals surface area contributed by atoms with Gasteiger partial charge in [0.05, 0.1) is 16.7 Å². The standard InChI is InChI=1S/C31H40N6O5S/c1-2-3-4-5-6-7-21-36-30(39)34-37(31(36)40)27-14-16-28(17-15-27)43(41,42)35-26-12-10-24(11-13-26)18-20-33-23-29(38)25-9-8-19-32-22-25/h8-17,19,22,29,33,35,38H,2-7,18,20-21,23H2,1H3,(H,34,39)/t29-/m0/s1. The van der Waals surface area contributed by atoms with Gasteiger partial charge in [0, 0.05) is 36.7 Å². The molecule has 0 saturated carbocycles. The summed E-state index contributed by atoms with van der Waals surface area (Å²) in [4.78, 5) is 29.2. The summed E-state index contributed by atoms with van der Waals surface area (Å²) < 4.78 is 30.9. The third-order valence-corrected chi connectivity index (χ3v) is 8.62. The van der Waals surface area contributed by atoms with Crippen molar-refractivity contribution in [1.82, 2.24) is 24.6 Å². The number of unbranched alkanes of at least 4 members (excludes halogenated alkanes) is 5. The fraction of sp³-hybridized carbons (Fsp3) is 0.387. The molecule has 11 nitrogen and oxygen atoms in total. The lowest BCUT2D eigenvalue weighted by atomic mass is 10.1. The van der Waals surface area contributed by atoms with E-state index in [2.05, 4.69) is 27.0 Å². The Morgan fingerprint density at radius 2 is 1.67 bits per heavy atom. The summed E-state index contributed by atoms with van der Waals surface area (Å²) in [6.45, 7) is 3.54. The maximum absolute atomic E-state index is 13.0. The Balaban J connectivity index is 1.29. The minimum atomic E-state index is -3.88. The monoisotopic (exact) mass is 608 g/mol. The minimum Gasteiger partial charge on any atom is -0.387 e. The molecule has 12 heteroatoms. The van der Waals surface area contributed by atoms with Gasteiger partial charge in [0.1, 0.15) is 0 Å². The van der Waals surface area contributed by atoms with Crippen LogP contribution >= 0.6 is 0 Å². The molecular weight excluding hydrogens is 568 g/mol. The first kappa shape index (κ1) is 31.9. The Bertz CT molecular complexity index is 1650. The number of H-pyrrole nitrogens is 1. The maximum atomic E-state index is 13.0. The number of anilines is 1. The fourth-order valence-electron chi connectivity index (χ4n) is 4.72. The molecule has 0 bridgehead atoms. The number of aromatic amines is 1. The van der Waals surface area contributed by atoms with Crippen LogP contribution in [0.3, 0.4) is 0 Å². The van der Waals surface area contributed by atoms with E-state index in [0.717, 1.165) is 47.9 Å². The van der Waals surface area contributed by atoms with Crippen molar-refractivity contribution in [2.24, 2.45) is 0 Å². The van der Waals surface area contributed by atoms with Crippen molar-refractivity contribution in [3.05, 3.63) is 105 Å². The number of sulfonamides is 1. The highest BCUT2D eigenvalue weighted by Crippen LogP contribution is 2.18. The molecule has 0 unspecified atom stereocenters. The second-order valence-corrected chi connectivity index (χ2v) is 12.2. The van der Waals surface area contributed by atoms with Crippen LogP contribution in [0.4, 0.5) is 5.69 Å². The van der Waals surface area contributed by atoms with Gasteiger partial charge in [-0.25, -0.2) is 32.4 Å². The van der Waals surface area contributed by atoms with Crippen molar-refractivity contribution >= 4 is 15.7 Å². The molecule has 1 atom stereocenters. The van der Waals surface area contributed by atoms with E-state index < -0.39 is 27.5 Å². The van der Waals surface area contributed by atoms with E-state index in [1.54, 1.807) is 30.6 Å². The SMILES string of the molecule is CCCCCCCCn1c(=O)[nH]n(-c2ccc(S(=O)(=O)Nc3ccc(CCNC[C@H](O)c4cccnc4)cc3)cc2)c1=O. The molecule has 0 aliphatic rings. The van der Waals surface area contributed by atoms with Gasteiger partial charge < -0.3 is 10.4 Å². The summed E-state index contributed by atoms with van der Waals surface area (Å²) in [5.74, 6) is 0. The molecule has 43 heavy (non-hydrogen) atoms. The van der Waals surface area contributed by atoms with Crippen molar-refractivity contribution in [3.8, 4) is 5.69 Å². The number of nitrogens with one attached hydrogen (secondary N) is 3. The van der Waals surface area contributed by atoms with Crippen LogP contribution in [-0.4, -0.2) is 45.9 Å². The molecule has 230 valence electrons. The smallest absolute Gasteiger partial charge is 0.351 e. The number of aliphatic hydroxyl groups excluding tert-OH is 1. The molecule has 0 radical (unpaired) electrons. The van der Waals surface area contributed by atoms with Crippen molar-refractivity contribution in [2.75, 3.05) is 17.8 Å². The summed E-state index contributed by atoms with van der Waals surface area (Å²) in [5, 5.41) is 16.0. The van der Waals surface area contributed by atoms with E-state index in [9.17, 15) is 23.1 Å². The first-order valence-electron chi connectivity index (χ1n) is 14.7. The zero-order valence-corrected chi connectivity index (χ0v) is 25.2. The topological polar surface area (TPSA) is 151 Å². The largest absolute Gasteiger partial charge is 0.387 e. The van der Waals surface area contributed by atoms with Crippen molar-refractivity contribution < 1.29 is 13.5 Å². The molecule has 4 rings (SSSR count). The number of aliphatic hydroxyl groups is 1. The zero-order chi connectivity index (χ0) is 30.7. The van der Waals surface area contributed by atoms with Crippen LogP contribution in [0.15, 0.2) is 87.5 Å². The number of rotatable bonds is 17. The predicted octanol–water partition coefficient (Wildman–Crippen LogP) is 3.75. The third kappa shape index (κ3) is 8.99. The quantitative estimate of drug-likeness (QED) is 0.133. The van der Waals surface area contributed by atoms with Gasteiger partial charge in [0.15, 0.2) is 0 Å². The number of aromatic nitrogens is 4. The van der Waals surface area contributed by atoms with Gasteiger partial charge in [-0.3, -0.25) is 9.71 Å². The van der Waals surface area contributed by atoms with Gasteiger partial charge in [-0.05, 0) is 67.4 Å². The first-order chi connectivity index (χ1) is 20.8. The van der Waals surface area contributed by atoms with Crippen LogP contribution < -0.4 is 21.4 Å². The summed E-state index contributed by atoms with van der Waals surface area (Å²) >= 11 is 0. The van der Waals surface area contributed by atoms with Crippen LogP contribution in [0.5, 0.6) is 0 Å². The van der Waals surface area contributed by atoms with Crippen LogP contribution in [0.2, 0.25) is 0 Å². The molecule has 0 spiro atoms. The second-order valence-electron chi connectivity index (χ2n) is 10.5. The lowest BCUT2D eigenvalue weighted by molar-refractivity contribution is 0.174. The Kier molecular flexibility index (Phi) is 11.5. The van der Waals surface area contributed by atoms with E-state index in [1.165, 1.54) is 35.3 Å². The Hall–Kier alpha value is -4.00. The number of hydrogen-bond acceptors (Lipinski definition) is 7. The average molecular weight is 609 g/mol. The maximum Gasteiger partial charge on any atom is 0.351 e. The summed E-state index contributed by atoms with van der Waals surface area (Å²) in [6, 6.07) is 16.5. The van der Waals surface area contributed by atoms with E-state index in [1.807, 2.05) is 18.2 Å². The lowest BCUT2D eigenvalue weighted by Gasteiger charge is -2.12. The van der Waals surface area contributed by atoms with Crippen LogP contribution in [0.1, 0.15) is 62.7 Å². The molecule has 4 N–H and O–H groups in total. The molecule has 2 aromatic heterocycles. The molecule has 2 aromatic carbocycles. The average Bonchev–Trinajstić information content (AvgIpc) is 3.30. The van der Waals surface area contributed by atoms with Crippen molar-refractivity contribution in [3.63, 3.8) is 0 Å². The minimum absolute atomic E-state index is 0.0265. The molecule has 4 aromatic rings. The molecule has 0 aliphatic carbocycles.